The Kier molecular flexibility index (Phi) is 4.83. The Morgan fingerprint density at radius 3 is 2.42 bits per heavy atom. The first-order valence-corrected chi connectivity index (χ1v) is 5.08. The van der Waals surface area contributed by atoms with Crippen molar-refractivity contribution in [1.29, 1.82) is 0 Å². The predicted octanol–water partition coefficient (Wildman–Crippen LogP) is 2.46. The highest BCUT2D eigenvalue weighted by Crippen LogP contribution is 2.44. The van der Waals surface area contributed by atoms with Crippen molar-refractivity contribution >= 4 is 7.60 Å². The van der Waals surface area contributed by atoms with E-state index in [-0.39, 0.29) is 0 Å². The van der Waals surface area contributed by atoms with Crippen LogP contribution in [0.3, 0.4) is 0 Å². The number of hydrogen-bond donors (Lipinski definition) is 1. The van der Waals surface area contributed by atoms with Crippen LogP contribution in [0.2, 0.25) is 0 Å². The van der Waals surface area contributed by atoms with Gasteiger partial charge in [0.2, 0.25) is 0 Å². The third-order valence-corrected chi connectivity index (χ3v) is 2.21. The molecule has 0 aromatic rings. The molecule has 0 spiro atoms. The van der Waals surface area contributed by atoms with E-state index < -0.39 is 13.7 Å². The summed E-state index contributed by atoms with van der Waals surface area (Å²) in [5, 5.41) is 0. The van der Waals surface area contributed by atoms with Gasteiger partial charge in [0.05, 0.1) is 6.10 Å². The van der Waals surface area contributed by atoms with Crippen LogP contribution in [-0.2, 0) is 9.09 Å². The molecule has 2 unspecified atom stereocenters. The molecule has 12 heavy (non-hydrogen) atoms. The second-order valence-electron chi connectivity index (χ2n) is 2.15. The van der Waals surface area contributed by atoms with Crippen molar-refractivity contribution in [3.8, 4) is 0 Å². The van der Waals surface area contributed by atoms with Crippen LogP contribution in [0.5, 0.6) is 0 Å². The highest BCUT2D eigenvalue weighted by Gasteiger charge is 2.17. The lowest BCUT2D eigenvalue weighted by molar-refractivity contribution is 0.220. The topological polar surface area (TPSA) is 46.5 Å². The zero-order chi connectivity index (χ0) is 9.61. The quantitative estimate of drug-likeness (QED) is 0.514. The molecule has 0 aliphatic heterocycles. The molecule has 0 fully saturated rings. The van der Waals surface area contributed by atoms with Crippen LogP contribution in [0.1, 0.15) is 6.42 Å². The minimum atomic E-state index is -3.63. The van der Waals surface area contributed by atoms with Crippen LogP contribution in [0, 0.1) is 0 Å². The maximum atomic E-state index is 11.0. The van der Waals surface area contributed by atoms with E-state index in [1.54, 1.807) is 6.08 Å². The molecule has 0 saturated heterocycles. The van der Waals surface area contributed by atoms with Crippen molar-refractivity contribution in [3.05, 3.63) is 37.7 Å². The Morgan fingerprint density at radius 1 is 1.50 bits per heavy atom. The molecule has 0 heterocycles. The number of rotatable bonds is 6. The first-order chi connectivity index (χ1) is 5.55. The van der Waals surface area contributed by atoms with Gasteiger partial charge >= 0.3 is 7.60 Å². The van der Waals surface area contributed by atoms with Crippen molar-refractivity contribution in [3.63, 3.8) is 0 Å². The summed E-state index contributed by atoms with van der Waals surface area (Å²) in [5.41, 5.74) is 0. The third kappa shape index (κ3) is 4.29. The van der Waals surface area contributed by atoms with E-state index in [2.05, 4.69) is 19.7 Å². The van der Waals surface area contributed by atoms with E-state index in [1.165, 1.54) is 6.08 Å². The van der Waals surface area contributed by atoms with E-state index in [0.717, 1.165) is 5.82 Å². The summed E-state index contributed by atoms with van der Waals surface area (Å²) >= 11 is 0. The lowest BCUT2D eigenvalue weighted by atomic mass is 10.2. The molecule has 0 rings (SSSR count). The smallest absolute Gasteiger partial charge is 0.321 e. The molecule has 0 aliphatic carbocycles. The van der Waals surface area contributed by atoms with Crippen molar-refractivity contribution in [2.45, 2.75) is 12.5 Å². The van der Waals surface area contributed by atoms with Crippen molar-refractivity contribution in [1.82, 2.24) is 0 Å². The summed E-state index contributed by atoms with van der Waals surface area (Å²) in [5.74, 6) is 0.895. The summed E-state index contributed by atoms with van der Waals surface area (Å²) in [7, 11) is -3.63. The van der Waals surface area contributed by atoms with Crippen LogP contribution < -0.4 is 0 Å². The normalized spacial score (nSPS) is 17.4. The molecule has 0 aliphatic rings. The largest absolute Gasteiger partial charge is 0.351 e. The average molecular weight is 188 g/mol. The number of hydrogen-bond acceptors (Lipinski definition) is 2. The fraction of sp³-hybridized carbons (Fsp3) is 0.250. The highest BCUT2D eigenvalue weighted by atomic mass is 31.2. The maximum absolute atomic E-state index is 11.0. The Hall–Kier alpha value is -0.630. The molecule has 3 nitrogen and oxygen atoms in total. The van der Waals surface area contributed by atoms with Gasteiger partial charge < -0.3 is 4.89 Å². The fourth-order valence-corrected chi connectivity index (χ4v) is 1.23. The van der Waals surface area contributed by atoms with Gasteiger partial charge in [-0.3, -0.25) is 9.09 Å². The lowest BCUT2D eigenvalue weighted by Crippen LogP contribution is -2.05. The fourth-order valence-electron chi connectivity index (χ4n) is 0.584. The van der Waals surface area contributed by atoms with Gasteiger partial charge in [-0.15, -0.1) is 13.2 Å². The first-order valence-electron chi connectivity index (χ1n) is 3.43. The van der Waals surface area contributed by atoms with Gasteiger partial charge in [0, 0.05) is 5.82 Å². The molecule has 0 radical (unpaired) electrons. The van der Waals surface area contributed by atoms with Gasteiger partial charge in [-0.1, -0.05) is 18.7 Å². The molecular weight excluding hydrogens is 175 g/mol. The second-order valence-corrected chi connectivity index (χ2v) is 3.85. The van der Waals surface area contributed by atoms with Gasteiger partial charge in [-0.25, -0.2) is 0 Å². The molecule has 0 aromatic heterocycles. The van der Waals surface area contributed by atoms with Crippen molar-refractivity contribution in [2.75, 3.05) is 0 Å². The molecule has 4 heteroatoms. The van der Waals surface area contributed by atoms with Crippen LogP contribution in [0.25, 0.3) is 0 Å². The van der Waals surface area contributed by atoms with Gasteiger partial charge in [-0.2, -0.15) is 0 Å². The monoisotopic (exact) mass is 188 g/mol. The van der Waals surface area contributed by atoms with Gasteiger partial charge in [0.1, 0.15) is 0 Å². The molecule has 0 saturated carbocycles. The third-order valence-electron chi connectivity index (χ3n) is 1.18. The maximum Gasteiger partial charge on any atom is 0.351 e. The van der Waals surface area contributed by atoms with E-state index in [9.17, 15) is 4.57 Å². The molecule has 0 bridgehead atoms. The van der Waals surface area contributed by atoms with E-state index >= 15 is 0 Å². The van der Waals surface area contributed by atoms with E-state index in [4.69, 9.17) is 9.42 Å². The van der Waals surface area contributed by atoms with Crippen LogP contribution in [-0.4, -0.2) is 11.0 Å². The van der Waals surface area contributed by atoms with Gasteiger partial charge in [-0.05, 0) is 6.42 Å². The van der Waals surface area contributed by atoms with E-state index in [0.29, 0.717) is 6.42 Å². The highest BCUT2D eigenvalue weighted by molar-refractivity contribution is 7.56. The summed E-state index contributed by atoms with van der Waals surface area (Å²) in [6.45, 7) is 10.1. The summed E-state index contributed by atoms with van der Waals surface area (Å²) in [4.78, 5) is 8.98. The second kappa shape index (κ2) is 5.09. The van der Waals surface area contributed by atoms with Gasteiger partial charge in [0.25, 0.3) is 0 Å². The minimum Gasteiger partial charge on any atom is -0.321 e. The standard InChI is InChI=1S/C8H13O3P/c1-4-7-8(5-2)11-12(9,10)6-3/h4-6,8H,1-3,7H2,(H,9,10). The SMILES string of the molecule is C=CCC(C=C)OP(=O)(O)C=C. The van der Waals surface area contributed by atoms with Crippen molar-refractivity contribution in [2.24, 2.45) is 0 Å². The molecule has 68 valence electrons. The molecule has 1 N–H and O–H groups in total. The average Bonchev–Trinajstić information content (AvgIpc) is 2.03. The van der Waals surface area contributed by atoms with Crippen LogP contribution >= 0.6 is 7.60 Å². The van der Waals surface area contributed by atoms with Crippen LogP contribution in [0.15, 0.2) is 37.7 Å². The predicted molar refractivity (Wildman–Crippen MR) is 49.9 cm³/mol. The Bertz CT molecular complexity index is 222. The molecule has 0 amide bonds. The summed E-state index contributed by atoms with van der Waals surface area (Å²) in [6.07, 6.45) is 3.03. The van der Waals surface area contributed by atoms with Gasteiger partial charge in [0.15, 0.2) is 0 Å². The zero-order valence-corrected chi connectivity index (χ0v) is 7.74. The lowest BCUT2D eigenvalue weighted by Gasteiger charge is -2.13. The molecule has 0 aromatic carbocycles. The van der Waals surface area contributed by atoms with E-state index in [1.807, 2.05) is 0 Å². The molecule has 2 atom stereocenters. The molecular formula is C8H13O3P. The van der Waals surface area contributed by atoms with Crippen LogP contribution in [0.4, 0.5) is 0 Å². The summed E-state index contributed by atoms with van der Waals surface area (Å²) < 4.78 is 15.7. The summed E-state index contributed by atoms with van der Waals surface area (Å²) in [6, 6.07) is 0. The Labute approximate surface area is 72.6 Å². The Morgan fingerprint density at radius 2 is 2.08 bits per heavy atom. The van der Waals surface area contributed by atoms with Crippen molar-refractivity contribution < 1.29 is 14.0 Å². The first kappa shape index (κ1) is 11.4. The zero-order valence-electron chi connectivity index (χ0n) is 6.85. The Balaban J connectivity index is 4.19. The minimum absolute atomic E-state index is 0.460.